The molecule has 0 aliphatic heterocycles. The van der Waals surface area contributed by atoms with Crippen molar-refractivity contribution in [3.63, 3.8) is 0 Å². The number of carbonyl (C=O) groups is 2. The number of hydrogen-bond acceptors (Lipinski definition) is 10. The van der Waals surface area contributed by atoms with Crippen LogP contribution in [0.3, 0.4) is 0 Å². The number of carbonyl (C=O) groups excluding carboxylic acids is 2. The van der Waals surface area contributed by atoms with Gasteiger partial charge in [-0.05, 0) is 39.1 Å². The summed E-state index contributed by atoms with van der Waals surface area (Å²) >= 11 is 0. The van der Waals surface area contributed by atoms with Gasteiger partial charge in [-0.1, -0.05) is 43.8 Å². The van der Waals surface area contributed by atoms with E-state index in [2.05, 4.69) is 28.8 Å². The Labute approximate surface area is 232 Å². The highest BCUT2D eigenvalue weighted by Gasteiger charge is 2.28. The zero-order valence-corrected chi connectivity index (χ0v) is 25.0. The van der Waals surface area contributed by atoms with E-state index in [0.717, 1.165) is 32.1 Å². The molecular weight excluding hydrogens is 531 g/mol. The van der Waals surface area contributed by atoms with Crippen LogP contribution in [0, 0.1) is 0 Å². The van der Waals surface area contributed by atoms with Crippen molar-refractivity contribution >= 4 is 19.9 Å². The van der Waals surface area contributed by atoms with E-state index in [1.807, 2.05) is 0 Å². The van der Waals surface area contributed by atoms with E-state index in [-0.39, 0.29) is 51.7 Å². The fraction of sp³-hybridized carbons (Fsp3) is 0.840. The zero-order chi connectivity index (χ0) is 29.6. The number of hydrogen-bond donors (Lipinski definition) is 1. The van der Waals surface area contributed by atoms with Crippen LogP contribution in [0.1, 0.15) is 79.6 Å². The third-order valence-corrected chi connectivity index (χ3v) is 6.30. The van der Waals surface area contributed by atoms with Crippen LogP contribution in [-0.4, -0.2) is 69.4 Å². The third-order valence-electron chi connectivity index (χ3n) is 4.87. The maximum Gasteiger partial charge on any atom is 0.475 e. The summed E-state index contributed by atoms with van der Waals surface area (Å²) in [6.45, 7) is 11.9. The van der Waals surface area contributed by atoms with Gasteiger partial charge in [-0.2, -0.15) is 0 Å². The standard InChI is InChI=1S/C25H47N4O9P/c1-7-9-10-11-12-13-23(37-21(3)30)14-17-33-19-22(28-29-26)20-36-39(32,34-16-8-2)35-18-15-27-24(31)38-25(4,5)6/h8,22-23H,2,7,9-20H2,1,3-6H3,(H,27,31)/t22-,23-,39?/m1/s1. The van der Waals surface area contributed by atoms with Gasteiger partial charge in [-0.15, -0.1) is 6.58 Å². The number of ether oxygens (including phenoxy) is 3. The SMILES string of the molecule is C=CCOP(=O)(OCCNC(=O)OC(C)(C)C)OC[C@@H](COCC[C@@H](CCCCCCC)OC(C)=O)N=[N+]=[N-]. The van der Waals surface area contributed by atoms with Crippen molar-refractivity contribution in [2.75, 3.05) is 39.6 Å². The Bertz CT molecular complexity index is 801. The molecule has 0 bridgehead atoms. The molecule has 39 heavy (non-hydrogen) atoms. The molecule has 0 spiro atoms. The first-order valence-electron chi connectivity index (χ1n) is 13.3. The lowest BCUT2D eigenvalue weighted by atomic mass is 10.1. The van der Waals surface area contributed by atoms with E-state index >= 15 is 0 Å². The van der Waals surface area contributed by atoms with Crippen molar-refractivity contribution in [2.24, 2.45) is 5.11 Å². The monoisotopic (exact) mass is 578 g/mol. The van der Waals surface area contributed by atoms with Crippen molar-refractivity contribution < 1.29 is 41.9 Å². The first kappa shape index (κ1) is 36.9. The number of phosphoric acid groups is 1. The van der Waals surface area contributed by atoms with Gasteiger partial charge in [-0.25, -0.2) is 9.36 Å². The van der Waals surface area contributed by atoms with Crippen molar-refractivity contribution in [3.8, 4) is 0 Å². The second-order valence-corrected chi connectivity index (χ2v) is 11.4. The lowest BCUT2D eigenvalue weighted by molar-refractivity contribution is -0.147. The molecule has 0 aliphatic carbocycles. The van der Waals surface area contributed by atoms with Gasteiger partial charge in [0.2, 0.25) is 0 Å². The van der Waals surface area contributed by atoms with Gasteiger partial charge < -0.3 is 19.5 Å². The number of unbranched alkanes of at least 4 members (excludes halogenated alkanes) is 4. The lowest BCUT2D eigenvalue weighted by Crippen LogP contribution is -2.34. The molecule has 0 rings (SSSR count). The summed E-state index contributed by atoms with van der Waals surface area (Å²) in [5.74, 6) is -0.342. The summed E-state index contributed by atoms with van der Waals surface area (Å²) in [7, 11) is -4.07. The number of nitrogens with zero attached hydrogens (tertiary/aromatic N) is 3. The Morgan fingerprint density at radius 2 is 1.79 bits per heavy atom. The lowest BCUT2D eigenvalue weighted by Gasteiger charge is -2.21. The number of amides is 1. The molecule has 0 aromatic rings. The van der Waals surface area contributed by atoms with Gasteiger partial charge in [0, 0.05) is 24.8 Å². The zero-order valence-electron chi connectivity index (χ0n) is 24.1. The number of nitrogens with one attached hydrogen (secondary N) is 1. The van der Waals surface area contributed by atoms with Crippen LogP contribution in [-0.2, 0) is 37.1 Å². The van der Waals surface area contributed by atoms with Gasteiger partial charge >= 0.3 is 19.9 Å². The van der Waals surface area contributed by atoms with E-state index < -0.39 is 25.6 Å². The number of rotatable bonds is 23. The Morgan fingerprint density at radius 1 is 1.08 bits per heavy atom. The van der Waals surface area contributed by atoms with Gasteiger partial charge in [0.15, 0.2) is 0 Å². The minimum Gasteiger partial charge on any atom is -0.462 e. The second kappa shape index (κ2) is 21.7. The van der Waals surface area contributed by atoms with Crippen LogP contribution in [0.5, 0.6) is 0 Å². The molecule has 0 saturated heterocycles. The van der Waals surface area contributed by atoms with Crippen LogP contribution >= 0.6 is 7.82 Å². The summed E-state index contributed by atoms with van der Waals surface area (Å²) < 4.78 is 44.9. The molecule has 0 fully saturated rings. The van der Waals surface area contributed by atoms with Gasteiger partial charge in [0.25, 0.3) is 0 Å². The molecule has 0 heterocycles. The van der Waals surface area contributed by atoms with Crippen LogP contribution in [0.2, 0.25) is 0 Å². The fourth-order valence-corrected chi connectivity index (χ4v) is 4.33. The number of esters is 1. The third kappa shape index (κ3) is 22.4. The Balaban J connectivity index is 4.70. The average molecular weight is 579 g/mol. The number of phosphoric ester groups is 1. The smallest absolute Gasteiger partial charge is 0.462 e. The minimum atomic E-state index is -4.07. The summed E-state index contributed by atoms with van der Waals surface area (Å²) in [4.78, 5) is 26.0. The molecule has 0 aliphatic rings. The molecule has 0 saturated carbocycles. The number of alkyl carbamates (subject to hydrolysis) is 1. The van der Waals surface area contributed by atoms with Crippen LogP contribution in [0.25, 0.3) is 10.4 Å². The minimum absolute atomic E-state index is 0.00922. The first-order chi connectivity index (χ1) is 18.4. The first-order valence-corrected chi connectivity index (χ1v) is 14.8. The molecule has 0 radical (unpaired) electrons. The molecule has 0 aromatic carbocycles. The molecule has 3 atom stereocenters. The molecule has 0 aromatic heterocycles. The summed E-state index contributed by atoms with van der Waals surface area (Å²) in [5.41, 5.74) is 8.25. The molecule has 1 amide bonds. The topological polar surface area (TPSA) is 167 Å². The molecule has 14 heteroatoms. The van der Waals surface area contributed by atoms with E-state index in [9.17, 15) is 14.2 Å². The van der Waals surface area contributed by atoms with Crippen molar-refractivity contribution in [3.05, 3.63) is 23.1 Å². The molecule has 226 valence electrons. The number of azide groups is 1. The highest BCUT2D eigenvalue weighted by molar-refractivity contribution is 7.48. The van der Waals surface area contributed by atoms with Crippen LogP contribution in [0.4, 0.5) is 4.79 Å². The predicted octanol–water partition coefficient (Wildman–Crippen LogP) is 6.23. The van der Waals surface area contributed by atoms with Crippen LogP contribution < -0.4 is 5.32 Å². The highest BCUT2D eigenvalue weighted by atomic mass is 31.2. The van der Waals surface area contributed by atoms with Gasteiger partial charge in [0.1, 0.15) is 11.7 Å². The van der Waals surface area contributed by atoms with Crippen LogP contribution in [0.15, 0.2) is 17.8 Å². The van der Waals surface area contributed by atoms with E-state index in [1.54, 1.807) is 20.8 Å². The summed E-state index contributed by atoms with van der Waals surface area (Å²) in [5, 5.41) is 6.10. The van der Waals surface area contributed by atoms with E-state index in [1.165, 1.54) is 19.4 Å². The van der Waals surface area contributed by atoms with Crippen molar-refractivity contribution in [2.45, 2.75) is 97.3 Å². The molecule has 13 nitrogen and oxygen atoms in total. The van der Waals surface area contributed by atoms with E-state index in [4.69, 9.17) is 33.3 Å². The predicted molar refractivity (Wildman–Crippen MR) is 147 cm³/mol. The molecule has 1 N–H and O–H groups in total. The Morgan fingerprint density at radius 3 is 2.41 bits per heavy atom. The van der Waals surface area contributed by atoms with Gasteiger partial charge in [-0.3, -0.25) is 18.4 Å². The maximum atomic E-state index is 13.0. The summed E-state index contributed by atoms with van der Waals surface area (Å²) in [6.07, 6.45) is 7.24. The average Bonchev–Trinajstić information content (AvgIpc) is 2.85. The normalized spacial score (nSPS) is 14.4. The summed E-state index contributed by atoms with van der Waals surface area (Å²) in [6, 6.07) is -0.819. The largest absolute Gasteiger partial charge is 0.475 e. The Kier molecular flexibility index (Phi) is 20.5. The highest BCUT2D eigenvalue weighted by Crippen LogP contribution is 2.49. The fourth-order valence-electron chi connectivity index (χ4n) is 3.15. The van der Waals surface area contributed by atoms with Crippen molar-refractivity contribution in [1.82, 2.24) is 5.32 Å². The van der Waals surface area contributed by atoms with Crippen molar-refractivity contribution in [1.29, 1.82) is 0 Å². The van der Waals surface area contributed by atoms with Gasteiger partial charge in [0.05, 0.1) is 39.1 Å². The molecule has 1 unspecified atom stereocenters. The molecular formula is C25H47N4O9P. The quantitative estimate of drug-likeness (QED) is 0.0281. The Hall–Kier alpha value is -2.14. The second-order valence-electron chi connectivity index (χ2n) is 9.75. The maximum absolute atomic E-state index is 13.0. The van der Waals surface area contributed by atoms with E-state index in [0.29, 0.717) is 6.42 Å².